The Hall–Kier alpha value is -2.25. The van der Waals surface area contributed by atoms with E-state index in [4.69, 9.17) is 10.2 Å². The van der Waals surface area contributed by atoms with Crippen molar-refractivity contribution in [2.45, 2.75) is 6.18 Å². The van der Waals surface area contributed by atoms with Gasteiger partial charge in [-0.15, -0.1) is 24.8 Å². The molecule has 0 spiro atoms. The van der Waals surface area contributed by atoms with Crippen LogP contribution in [0.1, 0.15) is 26.3 Å². The molecule has 130 valence electrons. The van der Waals surface area contributed by atoms with Gasteiger partial charge in [0.1, 0.15) is 0 Å². The first kappa shape index (κ1) is 21.8. The number of halogens is 5. The summed E-state index contributed by atoms with van der Waals surface area (Å²) in [6.07, 6.45) is -4.73. The van der Waals surface area contributed by atoms with Crippen LogP contribution in [0.5, 0.6) is 0 Å². The maximum Gasteiger partial charge on any atom is 0.417 e. The van der Waals surface area contributed by atoms with Gasteiger partial charge in [-0.05, 0) is 35.4 Å². The number of hydrogen-bond donors (Lipinski definition) is 2. The average molecular weight is 383 g/mol. The van der Waals surface area contributed by atoms with Gasteiger partial charge in [0.05, 0.1) is 16.7 Å². The molecule has 2 rings (SSSR count). The second-order valence-corrected chi connectivity index (χ2v) is 4.45. The van der Waals surface area contributed by atoms with E-state index in [0.29, 0.717) is 6.07 Å². The molecule has 2 N–H and O–H groups in total. The third-order valence-corrected chi connectivity index (χ3v) is 3.01. The first-order valence-corrected chi connectivity index (χ1v) is 5.98. The van der Waals surface area contributed by atoms with E-state index in [0.717, 1.165) is 12.1 Å². The molecule has 2 aromatic carbocycles. The Kier molecular flexibility index (Phi) is 7.28. The van der Waals surface area contributed by atoms with Crippen LogP contribution in [-0.2, 0) is 6.18 Å². The molecule has 0 unspecified atom stereocenters. The molecular formula is C15H11Cl2F3O4. The van der Waals surface area contributed by atoms with Crippen LogP contribution in [0.15, 0.2) is 42.5 Å². The Morgan fingerprint density at radius 2 is 1.25 bits per heavy atom. The van der Waals surface area contributed by atoms with Crippen LogP contribution in [0.25, 0.3) is 11.1 Å². The van der Waals surface area contributed by atoms with Crippen molar-refractivity contribution in [1.82, 2.24) is 0 Å². The van der Waals surface area contributed by atoms with Crippen LogP contribution in [0.3, 0.4) is 0 Å². The Labute approximate surface area is 146 Å². The lowest BCUT2D eigenvalue weighted by atomic mass is 9.96. The van der Waals surface area contributed by atoms with E-state index >= 15 is 0 Å². The molecule has 24 heavy (non-hydrogen) atoms. The second-order valence-electron chi connectivity index (χ2n) is 4.45. The van der Waals surface area contributed by atoms with Gasteiger partial charge < -0.3 is 10.2 Å². The van der Waals surface area contributed by atoms with E-state index in [-0.39, 0.29) is 41.5 Å². The summed E-state index contributed by atoms with van der Waals surface area (Å²) in [7, 11) is 0. The number of carbonyl (C=O) groups is 2. The molecule has 0 fully saturated rings. The van der Waals surface area contributed by atoms with Crippen LogP contribution in [0.4, 0.5) is 13.2 Å². The minimum atomic E-state index is -4.73. The van der Waals surface area contributed by atoms with Crippen LogP contribution in [0.2, 0.25) is 0 Å². The van der Waals surface area contributed by atoms with Crippen LogP contribution >= 0.6 is 24.8 Å². The number of carboxylic acid groups (broad SMARTS) is 2. The molecule has 0 amide bonds. The highest BCUT2D eigenvalue weighted by atomic mass is 35.5. The van der Waals surface area contributed by atoms with E-state index in [1.54, 1.807) is 0 Å². The minimum absolute atomic E-state index is 0. The fourth-order valence-electron chi connectivity index (χ4n) is 1.96. The fourth-order valence-corrected chi connectivity index (χ4v) is 1.96. The molecular weight excluding hydrogens is 372 g/mol. The molecule has 0 bridgehead atoms. The largest absolute Gasteiger partial charge is 0.478 e. The standard InChI is InChI=1S/C15H9F3O4.2ClH/c16-15(17,18)12-7-10(14(21)22)5-6-11(12)8-1-3-9(4-2-8)13(19)20;;/h1-7H,(H,19,20)(H,21,22);2*1H. The molecule has 0 atom stereocenters. The van der Waals surface area contributed by atoms with Crippen molar-refractivity contribution in [2.24, 2.45) is 0 Å². The summed E-state index contributed by atoms with van der Waals surface area (Å²) in [5.41, 5.74) is -1.68. The third-order valence-electron chi connectivity index (χ3n) is 3.01. The molecule has 0 aliphatic rings. The van der Waals surface area contributed by atoms with Gasteiger partial charge in [0.25, 0.3) is 0 Å². The monoisotopic (exact) mass is 382 g/mol. The SMILES string of the molecule is Cl.Cl.O=C(O)c1ccc(-c2ccc(C(=O)O)cc2C(F)(F)F)cc1. The predicted octanol–water partition coefficient (Wildman–Crippen LogP) is 4.61. The van der Waals surface area contributed by atoms with E-state index < -0.39 is 29.2 Å². The molecule has 0 aliphatic heterocycles. The van der Waals surface area contributed by atoms with Gasteiger partial charge >= 0.3 is 18.1 Å². The Balaban J connectivity index is 0.00000264. The highest BCUT2D eigenvalue weighted by Gasteiger charge is 2.34. The molecule has 0 radical (unpaired) electrons. The molecule has 2 aromatic rings. The smallest absolute Gasteiger partial charge is 0.417 e. The third kappa shape index (κ3) is 4.62. The first-order valence-electron chi connectivity index (χ1n) is 5.98. The fraction of sp³-hybridized carbons (Fsp3) is 0.0667. The molecule has 0 saturated carbocycles. The number of hydrogen-bond acceptors (Lipinski definition) is 2. The van der Waals surface area contributed by atoms with E-state index in [1.165, 1.54) is 24.3 Å². The van der Waals surface area contributed by atoms with E-state index in [9.17, 15) is 22.8 Å². The molecule has 0 aromatic heterocycles. The van der Waals surface area contributed by atoms with Gasteiger partial charge in [-0.1, -0.05) is 18.2 Å². The van der Waals surface area contributed by atoms with Gasteiger partial charge in [-0.2, -0.15) is 13.2 Å². The van der Waals surface area contributed by atoms with Crippen molar-refractivity contribution >= 4 is 36.8 Å². The number of rotatable bonds is 3. The molecule has 4 nitrogen and oxygen atoms in total. The van der Waals surface area contributed by atoms with Crippen molar-refractivity contribution in [3.05, 3.63) is 59.2 Å². The zero-order valence-electron chi connectivity index (χ0n) is 11.7. The summed E-state index contributed by atoms with van der Waals surface area (Å²) in [5, 5.41) is 17.6. The Morgan fingerprint density at radius 3 is 1.67 bits per heavy atom. The highest BCUT2D eigenvalue weighted by Crippen LogP contribution is 2.37. The topological polar surface area (TPSA) is 74.6 Å². The average Bonchev–Trinajstić information content (AvgIpc) is 2.45. The predicted molar refractivity (Wildman–Crippen MR) is 85.3 cm³/mol. The lowest BCUT2D eigenvalue weighted by molar-refractivity contribution is -0.137. The van der Waals surface area contributed by atoms with Gasteiger partial charge in [-0.25, -0.2) is 9.59 Å². The molecule has 9 heteroatoms. The summed E-state index contributed by atoms with van der Waals surface area (Å²) >= 11 is 0. The van der Waals surface area contributed by atoms with Gasteiger partial charge in [0.2, 0.25) is 0 Å². The lowest BCUT2D eigenvalue weighted by Gasteiger charge is -2.14. The number of alkyl halides is 3. The zero-order chi connectivity index (χ0) is 16.5. The number of aromatic carboxylic acids is 2. The molecule has 0 heterocycles. The Bertz CT molecular complexity index is 743. The zero-order valence-corrected chi connectivity index (χ0v) is 13.3. The second kappa shape index (κ2) is 8.03. The maximum atomic E-state index is 13.1. The minimum Gasteiger partial charge on any atom is -0.478 e. The normalized spacial score (nSPS) is 10.3. The van der Waals surface area contributed by atoms with Crippen LogP contribution < -0.4 is 0 Å². The van der Waals surface area contributed by atoms with Gasteiger partial charge in [-0.3, -0.25) is 0 Å². The van der Waals surface area contributed by atoms with Crippen molar-refractivity contribution in [3.8, 4) is 11.1 Å². The Morgan fingerprint density at radius 1 is 0.792 bits per heavy atom. The summed E-state index contributed by atoms with van der Waals surface area (Å²) in [6, 6.07) is 7.54. The quantitative estimate of drug-likeness (QED) is 0.812. The summed E-state index contributed by atoms with van der Waals surface area (Å²) in [6.45, 7) is 0. The van der Waals surface area contributed by atoms with Crippen molar-refractivity contribution in [1.29, 1.82) is 0 Å². The van der Waals surface area contributed by atoms with Gasteiger partial charge in [0, 0.05) is 0 Å². The van der Waals surface area contributed by atoms with E-state index in [1.807, 2.05) is 0 Å². The number of carboxylic acids is 2. The number of benzene rings is 2. The maximum absolute atomic E-state index is 13.1. The van der Waals surface area contributed by atoms with Crippen molar-refractivity contribution in [3.63, 3.8) is 0 Å². The van der Waals surface area contributed by atoms with Crippen molar-refractivity contribution < 1.29 is 33.0 Å². The van der Waals surface area contributed by atoms with Crippen LogP contribution in [-0.4, -0.2) is 22.2 Å². The van der Waals surface area contributed by atoms with Crippen LogP contribution in [0, 0.1) is 0 Å². The molecule has 0 aliphatic carbocycles. The summed E-state index contributed by atoms with van der Waals surface area (Å²) in [5.74, 6) is -2.65. The van der Waals surface area contributed by atoms with E-state index in [2.05, 4.69) is 0 Å². The summed E-state index contributed by atoms with van der Waals surface area (Å²) < 4.78 is 39.3. The lowest BCUT2D eigenvalue weighted by Crippen LogP contribution is -2.09. The van der Waals surface area contributed by atoms with Crippen molar-refractivity contribution in [2.75, 3.05) is 0 Å². The molecule has 0 saturated heterocycles. The van der Waals surface area contributed by atoms with Gasteiger partial charge in [0.15, 0.2) is 0 Å². The first-order chi connectivity index (χ1) is 10.2. The summed E-state index contributed by atoms with van der Waals surface area (Å²) in [4.78, 5) is 21.6. The highest BCUT2D eigenvalue weighted by molar-refractivity contribution is 5.90.